The van der Waals surface area contributed by atoms with Crippen molar-refractivity contribution >= 4 is 17.3 Å². The molecule has 1 aromatic carbocycles. The molecule has 0 aromatic heterocycles. The predicted octanol–water partition coefficient (Wildman–Crippen LogP) is 1.30. The molecule has 0 aliphatic carbocycles. The summed E-state index contributed by atoms with van der Waals surface area (Å²) in [5, 5.41) is 6.83. The van der Waals surface area contributed by atoms with E-state index in [9.17, 15) is 0 Å². The Bertz CT molecular complexity index is 290. The van der Waals surface area contributed by atoms with E-state index in [0.29, 0.717) is 11.7 Å². The highest BCUT2D eigenvalue weighted by Gasteiger charge is 1.94. The number of methoxy groups -OCH3 is 1. The van der Waals surface area contributed by atoms with Gasteiger partial charge in [0, 0.05) is 20.2 Å². The van der Waals surface area contributed by atoms with Crippen molar-refractivity contribution in [3.05, 3.63) is 35.9 Å². The first-order valence-corrected chi connectivity index (χ1v) is 5.28. The molecule has 0 aliphatic heterocycles. The molecule has 0 unspecified atom stereocenters. The van der Waals surface area contributed by atoms with Crippen molar-refractivity contribution in [3.8, 4) is 0 Å². The minimum absolute atomic E-state index is 0.660. The lowest BCUT2D eigenvalue weighted by atomic mass is 10.2. The standard InChI is InChI=1S/C11H16N2OS/c1-14-8-7-12-11(15)13-9-10-5-3-2-4-6-10/h2-6H,7-9H2,1H3,(H2,12,13,15). The Hall–Kier alpha value is -1.13. The maximum atomic E-state index is 5.09. The molecule has 4 heteroatoms. The van der Waals surface area contributed by atoms with Crippen molar-refractivity contribution in [2.45, 2.75) is 6.54 Å². The molecule has 0 heterocycles. The van der Waals surface area contributed by atoms with Gasteiger partial charge in [-0.3, -0.25) is 0 Å². The highest BCUT2D eigenvalue weighted by atomic mass is 32.1. The van der Waals surface area contributed by atoms with Crippen molar-refractivity contribution < 1.29 is 4.74 Å². The second-order valence-electron chi connectivity index (χ2n) is 3.09. The molecule has 0 spiro atoms. The smallest absolute Gasteiger partial charge is 0.166 e. The number of ether oxygens (including phenoxy) is 1. The van der Waals surface area contributed by atoms with Crippen LogP contribution in [0.5, 0.6) is 0 Å². The van der Waals surface area contributed by atoms with Crippen LogP contribution >= 0.6 is 12.2 Å². The molecule has 1 rings (SSSR count). The Morgan fingerprint density at radius 3 is 2.67 bits per heavy atom. The summed E-state index contributed by atoms with van der Waals surface area (Å²) in [6.45, 7) is 2.14. The molecule has 15 heavy (non-hydrogen) atoms. The molecular formula is C11H16N2OS. The van der Waals surface area contributed by atoms with Gasteiger partial charge in [0.25, 0.3) is 0 Å². The first-order chi connectivity index (χ1) is 7.33. The van der Waals surface area contributed by atoms with E-state index in [2.05, 4.69) is 22.8 Å². The van der Waals surface area contributed by atoms with Crippen LogP contribution in [-0.4, -0.2) is 25.4 Å². The molecule has 0 amide bonds. The Labute approximate surface area is 95.8 Å². The normalized spacial score (nSPS) is 9.67. The molecule has 1 aromatic rings. The van der Waals surface area contributed by atoms with Crippen molar-refractivity contribution in [1.29, 1.82) is 0 Å². The van der Waals surface area contributed by atoms with E-state index < -0.39 is 0 Å². The summed E-state index contributed by atoms with van der Waals surface area (Å²) < 4.78 is 4.91. The van der Waals surface area contributed by atoms with Crippen LogP contribution in [0.3, 0.4) is 0 Å². The van der Waals surface area contributed by atoms with E-state index >= 15 is 0 Å². The lowest BCUT2D eigenvalue weighted by Gasteiger charge is -2.09. The summed E-state index contributed by atoms with van der Waals surface area (Å²) in [5.41, 5.74) is 1.22. The lowest BCUT2D eigenvalue weighted by Crippen LogP contribution is -2.36. The van der Waals surface area contributed by atoms with Crippen LogP contribution in [0.2, 0.25) is 0 Å². The fourth-order valence-electron chi connectivity index (χ4n) is 1.11. The maximum absolute atomic E-state index is 5.09. The lowest BCUT2D eigenvalue weighted by molar-refractivity contribution is 0.204. The zero-order valence-corrected chi connectivity index (χ0v) is 9.64. The maximum Gasteiger partial charge on any atom is 0.166 e. The van der Waals surface area contributed by atoms with Crippen LogP contribution in [0.15, 0.2) is 30.3 Å². The third-order valence-electron chi connectivity index (χ3n) is 1.89. The molecule has 0 bridgehead atoms. The van der Waals surface area contributed by atoms with Gasteiger partial charge >= 0.3 is 0 Å². The summed E-state index contributed by atoms with van der Waals surface area (Å²) in [5.74, 6) is 0. The van der Waals surface area contributed by atoms with Crippen LogP contribution in [0.1, 0.15) is 5.56 Å². The fraction of sp³-hybridized carbons (Fsp3) is 0.364. The van der Waals surface area contributed by atoms with E-state index in [1.807, 2.05) is 18.2 Å². The van der Waals surface area contributed by atoms with Crippen molar-refractivity contribution in [2.24, 2.45) is 0 Å². The second-order valence-corrected chi connectivity index (χ2v) is 3.50. The van der Waals surface area contributed by atoms with Gasteiger partial charge in [0.05, 0.1) is 6.61 Å². The monoisotopic (exact) mass is 224 g/mol. The molecule has 0 saturated heterocycles. The average Bonchev–Trinajstić information content (AvgIpc) is 2.28. The van der Waals surface area contributed by atoms with E-state index in [1.54, 1.807) is 7.11 Å². The molecule has 2 N–H and O–H groups in total. The first kappa shape index (κ1) is 11.9. The highest BCUT2D eigenvalue weighted by molar-refractivity contribution is 7.80. The van der Waals surface area contributed by atoms with E-state index in [4.69, 9.17) is 17.0 Å². The predicted molar refractivity (Wildman–Crippen MR) is 65.8 cm³/mol. The Kier molecular flexibility index (Phi) is 5.73. The van der Waals surface area contributed by atoms with Crippen molar-refractivity contribution in [3.63, 3.8) is 0 Å². The number of thiocarbonyl (C=S) groups is 1. The summed E-state index contributed by atoms with van der Waals surface area (Å²) in [4.78, 5) is 0. The minimum Gasteiger partial charge on any atom is -0.383 e. The van der Waals surface area contributed by atoms with Crippen LogP contribution in [0, 0.1) is 0 Å². The number of rotatable bonds is 5. The van der Waals surface area contributed by atoms with Gasteiger partial charge in [-0.2, -0.15) is 0 Å². The van der Waals surface area contributed by atoms with Crippen LogP contribution in [-0.2, 0) is 11.3 Å². The summed E-state index contributed by atoms with van der Waals surface area (Å²) >= 11 is 5.09. The van der Waals surface area contributed by atoms with E-state index in [-0.39, 0.29) is 0 Å². The van der Waals surface area contributed by atoms with Gasteiger partial charge in [-0.25, -0.2) is 0 Å². The van der Waals surface area contributed by atoms with Gasteiger partial charge in [0.1, 0.15) is 0 Å². The van der Waals surface area contributed by atoms with Gasteiger partial charge in [-0.1, -0.05) is 30.3 Å². The molecule has 0 saturated carbocycles. The van der Waals surface area contributed by atoms with Gasteiger partial charge in [0.2, 0.25) is 0 Å². The van der Waals surface area contributed by atoms with Crippen LogP contribution < -0.4 is 10.6 Å². The summed E-state index contributed by atoms with van der Waals surface area (Å²) in [6.07, 6.45) is 0. The molecular weight excluding hydrogens is 208 g/mol. The summed E-state index contributed by atoms with van der Waals surface area (Å²) in [7, 11) is 1.67. The number of hydrogen-bond acceptors (Lipinski definition) is 2. The van der Waals surface area contributed by atoms with Crippen LogP contribution in [0.25, 0.3) is 0 Å². The third kappa shape index (κ3) is 5.34. The van der Waals surface area contributed by atoms with Crippen molar-refractivity contribution in [2.75, 3.05) is 20.3 Å². The summed E-state index contributed by atoms with van der Waals surface area (Å²) in [6, 6.07) is 10.1. The van der Waals surface area contributed by atoms with Gasteiger partial charge < -0.3 is 15.4 Å². The van der Waals surface area contributed by atoms with E-state index in [0.717, 1.165) is 13.1 Å². The van der Waals surface area contributed by atoms with Crippen LogP contribution in [0.4, 0.5) is 0 Å². The quantitative estimate of drug-likeness (QED) is 0.583. The zero-order valence-electron chi connectivity index (χ0n) is 8.82. The SMILES string of the molecule is COCCNC(=S)NCc1ccccc1. The second kappa shape index (κ2) is 7.20. The van der Waals surface area contributed by atoms with Crippen molar-refractivity contribution in [1.82, 2.24) is 10.6 Å². The van der Waals surface area contributed by atoms with Gasteiger partial charge in [0.15, 0.2) is 5.11 Å². The average molecular weight is 224 g/mol. The molecule has 82 valence electrons. The van der Waals surface area contributed by atoms with Gasteiger partial charge in [-0.15, -0.1) is 0 Å². The molecule has 0 radical (unpaired) electrons. The third-order valence-corrected chi connectivity index (χ3v) is 2.18. The minimum atomic E-state index is 0.660. The fourth-order valence-corrected chi connectivity index (χ4v) is 1.28. The molecule has 3 nitrogen and oxygen atoms in total. The number of benzene rings is 1. The van der Waals surface area contributed by atoms with E-state index in [1.165, 1.54) is 5.56 Å². The topological polar surface area (TPSA) is 33.3 Å². The molecule has 0 fully saturated rings. The highest BCUT2D eigenvalue weighted by Crippen LogP contribution is 1.96. The molecule has 0 aliphatic rings. The number of nitrogens with one attached hydrogen (secondary N) is 2. The first-order valence-electron chi connectivity index (χ1n) is 4.87. The Morgan fingerprint density at radius 1 is 1.27 bits per heavy atom. The largest absolute Gasteiger partial charge is 0.383 e. The zero-order chi connectivity index (χ0) is 10.9. The Balaban J connectivity index is 2.17. The number of hydrogen-bond donors (Lipinski definition) is 2. The van der Waals surface area contributed by atoms with Gasteiger partial charge in [-0.05, 0) is 17.8 Å². The molecule has 0 atom stereocenters. The Morgan fingerprint density at radius 2 is 2.00 bits per heavy atom.